The van der Waals surface area contributed by atoms with Gasteiger partial charge in [-0.1, -0.05) is 19.9 Å². The molecule has 3 heteroatoms. The van der Waals surface area contributed by atoms with E-state index in [1.165, 1.54) is 6.08 Å². The lowest BCUT2D eigenvalue weighted by Gasteiger charge is -1.95. The second-order valence-electron chi connectivity index (χ2n) is 3.48. The molecule has 0 radical (unpaired) electrons. The van der Waals surface area contributed by atoms with E-state index in [0.29, 0.717) is 6.33 Å². The van der Waals surface area contributed by atoms with Gasteiger partial charge in [0.1, 0.15) is 0 Å². The average Bonchev–Trinajstić information content (AvgIpc) is 2.35. The molecule has 0 aromatic carbocycles. The molecule has 1 fully saturated rings. The van der Waals surface area contributed by atoms with Crippen molar-refractivity contribution in [3.05, 3.63) is 12.4 Å². The number of hydrogen-bond donors (Lipinski definition) is 1. The first-order valence-corrected chi connectivity index (χ1v) is 3.51. The Morgan fingerprint density at radius 3 is 2.45 bits per heavy atom. The Balaban J connectivity index is 2.68. The van der Waals surface area contributed by atoms with Crippen LogP contribution in [0.25, 0.3) is 0 Å². The lowest BCUT2D eigenvalue weighted by Crippen LogP contribution is -2.02. The Morgan fingerprint density at radius 1 is 1.64 bits per heavy atom. The van der Waals surface area contributed by atoms with Crippen molar-refractivity contribution in [2.24, 2.45) is 17.3 Å². The summed E-state index contributed by atoms with van der Waals surface area (Å²) in [7, 11) is 0. The molecular weight excluding hydrogens is 147 g/mol. The standard InChI is InChI=1S/C8H11FO2/c1-8(2)5(3-4-9)6(8)7(10)11/h3-6H,1-2H3,(H,10,11)/t5-,6-/m1/s1. The molecule has 1 aliphatic rings. The van der Waals surface area contributed by atoms with Gasteiger partial charge >= 0.3 is 5.97 Å². The van der Waals surface area contributed by atoms with Crippen molar-refractivity contribution in [1.82, 2.24) is 0 Å². The van der Waals surface area contributed by atoms with Crippen molar-refractivity contribution in [3.63, 3.8) is 0 Å². The first kappa shape index (κ1) is 8.24. The van der Waals surface area contributed by atoms with E-state index in [0.717, 1.165) is 0 Å². The fourth-order valence-corrected chi connectivity index (χ4v) is 1.59. The van der Waals surface area contributed by atoms with Crippen LogP contribution in [0.3, 0.4) is 0 Å². The maximum atomic E-state index is 11.7. The maximum absolute atomic E-state index is 11.7. The number of carboxylic acid groups (broad SMARTS) is 1. The summed E-state index contributed by atoms with van der Waals surface area (Å²) in [6.07, 6.45) is 1.74. The summed E-state index contributed by atoms with van der Waals surface area (Å²) >= 11 is 0. The van der Waals surface area contributed by atoms with Crippen LogP contribution < -0.4 is 0 Å². The topological polar surface area (TPSA) is 37.3 Å². The van der Waals surface area contributed by atoms with Crippen molar-refractivity contribution in [1.29, 1.82) is 0 Å². The zero-order valence-corrected chi connectivity index (χ0v) is 6.54. The van der Waals surface area contributed by atoms with E-state index < -0.39 is 11.9 Å². The highest BCUT2D eigenvalue weighted by molar-refractivity contribution is 5.76. The van der Waals surface area contributed by atoms with Gasteiger partial charge in [-0.15, -0.1) is 0 Å². The minimum Gasteiger partial charge on any atom is -0.481 e. The molecule has 62 valence electrons. The van der Waals surface area contributed by atoms with Crippen LogP contribution in [0.4, 0.5) is 4.39 Å². The first-order chi connectivity index (χ1) is 5.01. The zero-order valence-electron chi connectivity index (χ0n) is 6.54. The SMILES string of the molecule is CC1(C)[C@H](C=CF)[C@@H]1C(=O)O. The number of allylic oxidation sites excluding steroid dienone is 1. The number of hydrogen-bond acceptors (Lipinski definition) is 1. The van der Waals surface area contributed by atoms with E-state index in [1.54, 1.807) is 0 Å². The van der Waals surface area contributed by atoms with Gasteiger partial charge in [0.2, 0.25) is 0 Å². The van der Waals surface area contributed by atoms with Gasteiger partial charge in [-0.2, -0.15) is 0 Å². The van der Waals surface area contributed by atoms with Crippen molar-refractivity contribution in [2.45, 2.75) is 13.8 Å². The Labute approximate surface area is 64.7 Å². The Bertz CT molecular complexity index is 208. The fraction of sp³-hybridized carbons (Fsp3) is 0.625. The second kappa shape index (κ2) is 2.32. The van der Waals surface area contributed by atoms with E-state index in [2.05, 4.69) is 0 Å². The minimum atomic E-state index is -0.835. The number of halogens is 1. The van der Waals surface area contributed by atoms with E-state index >= 15 is 0 Å². The molecule has 1 saturated carbocycles. The van der Waals surface area contributed by atoms with Crippen molar-refractivity contribution in [3.8, 4) is 0 Å². The molecule has 0 amide bonds. The van der Waals surface area contributed by atoms with Crippen LogP contribution >= 0.6 is 0 Å². The van der Waals surface area contributed by atoms with Crippen molar-refractivity contribution in [2.75, 3.05) is 0 Å². The van der Waals surface area contributed by atoms with Gasteiger partial charge < -0.3 is 5.11 Å². The molecule has 2 atom stereocenters. The van der Waals surface area contributed by atoms with Gasteiger partial charge in [-0.05, 0) is 11.3 Å². The summed E-state index contributed by atoms with van der Waals surface area (Å²) in [4.78, 5) is 10.5. The van der Waals surface area contributed by atoms with Crippen LogP contribution in [-0.2, 0) is 4.79 Å². The van der Waals surface area contributed by atoms with Crippen LogP contribution in [0.1, 0.15) is 13.8 Å². The van der Waals surface area contributed by atoms with Gasteiger partial charge in [0.05, 0.1) is 12.2 Å². The molecule has 0 aliphatic heterocycles. The molecule has 0 saturated heterocycles. The molecular formula is C8H11FO2. The molecule has 1 N–H and O–H groups in total. The summed E-state index contributed by atoms with van der Waals surface area (Å²) < 4.78 is 11.7. The Kier molecular flexibility index (Phi) is 1.74. The molecule has 0 bridgehead atoms. The predicted octanol–water partition coefficient (Wildman–Crippen LogP) is 1.83. The van der Waals surface area contributed by atoms with Gasteiger partial charge in [-0.25, -0.2) is 4.39 Å². The smallest absolute Gasteiger partial charge is 0.307 e. The molecule has 11 heavy (non-hydrogen) atoms. The molecule has 1 aliphatic carbocycles. The number of aliphatic carboxylic acids is 1. The van der Waals surface area contributed by atoms with Crippen LogP contribution in [0, 0.1) is 17.3 Å². The van der Waals surface area contributed by atoms with E-state index in [4.69, 9.17) is 5.11 Å². The summed E-state index contributed by atoms with van der Waals surface area (Å²) in [5.41, 5.74) is -0.269. The van der Waals surface area contributed by atoms with Crippen LogP contribution in [0.15, 0.2) is 12.4 Å². The maximum Gasteiger partial charge on any atom is 0.307 e. The second-order valence-corrected chi connectivity index (χ2v) is 3.48. The number of carbonyl (C=O) groups is 1. The van der Waals surface area contributed by atoms with Crippen LogP contribution in [0.5, 0.6) is 0 Å². The number of rotatable bonds is 2. The molecule has 0 unspecified atom stereocenters. The Hall–Kier alpha value is -0.860. The van der Waals surface area contributed by atoms with Crippen LogP contribution in [0.2, 0.25) is 0 Å². The summed E-state index contributed by atoms with van der Waals surface area (Å²) in [6.45, 7) is 3.66. The summed E-state index contributed by atoms with van der Waals surface area (Å²) in [5.74, 6) is -1.38. The molecule has 0 aromatic heterocycles. The molecule has 0 spiro atoms. The van der Waals surface area contributed by atoms with Gasteiger partial charge in [0.25, 0.3) is 0 Å². The first-order valence-electron chi connectivity index (χ1n) is 3.51. The van der Waals surface area contributed by atoms with Gasteiger partial charge in [0.15, 0.2) is 0 Å². The number of carboxylic acids is 1. The monoisotopic (exact) mass is 158 g/mol. The van der Waals surface area contributed by atoms with Crippen LogP contribution in [-0.4, -0.2) is 11.1 Å². The molecule has 0 aromatic rings. The summed E-state index contributed by atoms with van der Waals surface area (Å²) in [5, 5.41) is 8.63. The molecule has 2 nitrogen and oxygen atoms in total. The quantitative estimate of drug-likeness (QED) is 0.665. The lowest BCUT2D eigenvalue weighted by molar-refractivity contribution is -0.139. The van der Waals surface area contributed by atoms with Crippen molar-refractivity contribution < 1.29 is 14.3 Å². The molecule has 1 rings (SSSR count). The third-order valence-corrected chi connectivity index (χ3v) is 2.46. The fourth-order valence-electron chi connectivity index (χ4n) is 1.59. The highest BCUT2D eigenvalue weighted by Gasteiger charge is 2.60. The third kappa shape index (κ3) is 1.15. The third-order valence-electron chi connectivity index (χ3n) is 2.46. The highest BCUT2D eigenvalue weighted by Crippen LogP contribution is 2.58. The molecule has 0 heterocycles. The average molecular weight is 158 g/mol. The van der Waals surface area contributed by atoms with E-state index in [-0.39, 0.29) is 11.3 Å². The lowest BCUT2D eigenvalue weighted by atomic mass is 10.1. The van der Waals surface area contributed by atoms with E-state index in [9.17, 15) is 9.18 Å². The van der Waals surface area contributed by atoms with E-state index in [1.807, 2.05) is 13.8 Å². The normalized spacial score (nSPS) is 34.1. The van der Waals surface area contributed by atoms with Gasteiger partial charge in [-0.3, -0.25) is 4.79 Å². The zero-order chi connectivity index (χ0) is 8.65. The Morgan fingerprint density at radius 2 is 2.18 bits per heavy atom. The highest BCUT2D eigenvalue weighted by atomic mass is 19.1. The predicted molar refractivity (Wildman–Crippen MR) is 38.6 cm³/mol. The van der Waals surface area contributed by atoms with Gasteiger partial charge in [0, 0.05) is 0 Å². The summed E-state index contributed by atoms with van der Waals surface area (Å²) in [6, 6.07) is 0. The largest absolute Gasteiger partial charge is 0.481 e. The van der Waals surface area contributed by atoms with Crippen molar-refractivity contribution >= 4 is 5.97 Å². The minimum absolute atomic E-state index is 0.134.